The van der Waals surface area contributed by atoms with E-state index >= 15 is 0 Å². The fourth-order valence-electron chi connectivity index (χ4n) is 1.03. The third-order valence-electron chi connectivity index (χ3n) is 1.62. The maximum Gasteiger partial charge on any atom is 0.263 e. The molecule has 13 heavy (non-hydrogen) atoms. The third kappa shape index (κ3) is 1.66. The van der Waals surface area contributed by atoms with E-state index in [4.69, 9.17) is 0 Å². The molecule has 3 nitrogen and oxygen atoms in total. The molecule has 0 aliphatic heterocycles. The summed E-state index contributed by atoms with van der Waals surface area (Å²) < 4.78 is 1.22. The zero-order chi connectivity index (χ0) is 9.42. The lowest BCUT2D eigenvalue weighted by molar-refractivity contribution is 1.20. The van der Waals surface area contributed by atoms with Crippen molar-refractivity contribution in [2.45, 2.75) is 0 Å². The summed E-state index contributed by atoms with van der Waals surface area (Å²) in [5.74, 6) is 0. The van der Waals surface area contributed by atoms with Crippen LogP contribution in [0.2, 0.25) is 0 Å². The van der Waals surface area contributed by atoms with Gasteiger partial charge in [-0.15, -0.1) is 0 Å². The molecule has 5 heteroatoms. The van der Waals surface area contributed by atoms with Gasteiger partial charge >= 0.3 is 0 Å². The zero-order valence-corrected chi connectivity index (χ0v) is 9.52. The molecule has 2 rings (SSSR count). The fraction of sp³-hybridized carbons (Fsp3) is 0. The van der Waals surface area contributed by atoms with Crippen molar-refractivity contribution in [2.24, 2.45) is 0 Å². The highest BCUT2D eigenvalue weighted by Crippen LogP contribution is 2.15. The molecular weight excluding hydrogens is 300 g/mol. The van der Waals surface area contributed by atoms with Gasteiger partial charge in [0.1, 0.15) is 10.3 Å². The second-order valence-corrected chi connectivity index (χ2v) is 4.19. The number of halogens is 2. The van der Waals surface area contributed by atoms with Gasteiger partial charge in [0.25, 0.3) is 5.56 Å². The van der Waals surface area contributed by atoms with Crippen LogP contribution in [0.5, 0.6) is 0 Å². The Hall–Kier alpha value is -0.680. The van der Waals surface area contributed by atoms with Gasteiger partial charge in [-0.05, 0) is 50.1 Å². The molecule has 0 atom stereocenters. The van der Waals surface area contributed by atoms with E-state index in [-0.39, 0.29) is 5.56 Å². The topological polar surface area (TPSA) is 45.8 Å². The Morgan fingerprint density at radius 2 is 2.08 bits per heavy atom. The number of rotatable bonds is 0. The summed E-state index contributed by atoms with van der Waals surface area (Å²) in [6.45, 7) is 0. The summed E-state index contributed by atoms with van der Waals surface area (Å²) in [7, 11) is 0. The average molecular weight is 304 g/mol. The Labute approximate surface area is 90.4 Å². The SMILES string of the molecule is O=c1[nH]c2nc(Br)ccc2cc1Br. The van der Waals surface area contributed by atoms with Crippen LogP contribution >= 0.6 is 31.9 Å². The van der Waals surface area contributed by atoms with E-state index in [1.54, 1.807) is 6.07 Å². The van der Waals surface area contributed by atoms with Crippen LogP contribution in [-0.2, 0) is 0 Å². The second kappa shape index (κ2) is 3.23. The zero-order valence-electron chi connectivity index (χ0n) is 6.34. The minimum atomic E-state index is -0.168. The highest BCUT2D eigenvalue weighted by Gasteiger charge is 2.00. The molecule has 0 aliphatic carbocycles. The summed E-state index contributed by atoms with van der Waals surface area (Å²) in [6.07, 6.45) is 0. The molecule has 0 saturated heterocycles. The van der Waals surface area contributed by atoms with E-state index in [9.17, 15) is 4.79 Å². The minimum Gasteiger partial charge on any atom is -0.306 e. The summed E-state index contributed by atoms with van der Waals surface area (Å²) >= 11 is 6.38. The lowest BCUT2D eigenvalue weighted by Gasteiger charge is -1.97. The molecule has 0 amide bonds. The van der Waals surface area contributed by atoms with E-state index in [1.165, 1.54) is 0 Å². The van der Waals surface area contributed by atoms with Gasteiger partial charge in [0.05, 0.1) is 4.47 Å². The smallest absolute Gasteiger partial charge is 0.263 e. The van der Waals surface area contributed by atoms with Crippen LogP contribution in [0, 0.1) is 0 Å². The van der Waals surface area contributed by atoms with Crippen LogP contribution in [0.15, 0.2) is 32.1 Å². The molecule has 1 N–H and O–H groups in total. The van der Waals surface area contributed by atoms with Crippen molar-refractivity contribution in [3.63, 3.8) is 0 Å². The second-order valence-electron chi connectivity index (χ2n) is 2.52. The highest BCUT2D eigenvalue weighted by atomic mass is 79.9. The van der Waals surface area contributed by atoms with Gasteiger partial charge in [-0.1, -0.05) is 0 Å². The van der Waals surface area contributed by atoms with Gasteiger partial charge in [-0.25, -0.2) is 4.98 Å². The molecule has 0 radical (unpaired) electrons. The van der Waals surface area contributed by atoms with Crippen LogP contribution in [0.3, 0.4) is 0 Å². The van der Waals surface area contributed by atoms with Crippen molar-refractivity contribution in [2.75, 3.05) is 0 Å². The molecule has 0 spiro atoms. The van der Waals surface area contributed by atoms with Crippen molar-refractivity contribution in [3.05, 3.63) is 37.6 Å². The standard InChI is InChI=1S/C8H4Br2N2O/c9-5-3-4-1-2-6(10)11-7(4)12-8(5)13/h1-3H,(H,11,12,13). The van der Waals surface area contributed by atoms with Crippen LogP contribution in [0.25, 0.3) is 11.0 Å². The average Bonchev–Trinajstić information content (AvgIpc) is 2.08. The van der Waals surface area contributed by atoms with Crippen molar-refractivity contribution in [3.8, 4) is 0 Å². The molecule has 2 aromatic rings. The van der Waals surface area contributed by atoms with Gasteiger partial charge in [-0.3, -0.25) is 4.79 Å². The summed E-state index contributed by atoms with van der Waals surface area (Å²) in [6, 6.07) is 5.45. The van der Waals surface area contributed by atoms with Gasteiger partial charge in [0, 0.05) is 5.39 Å². The minimum absolute atomic E-state index is 0.168. The number of pyridine rings is 2. The normalized spacial score (nSPS) is 10.6. The molecule has 2 aromatic heterocycles. The van der Waals surface area contributed by atoms with Crippen molar-refractivity contribution in [1.82, 2.24) is 9.97 Å². The number of nitrogens with one attached hydrogen (secondary N) is 1. The summed E-state index contributed by atoms with van der Waals surface area (Å²) in [5, 5.41) is 0.898. The largest absolute Gasteiger partial charge is 0.306 e. The highest BCUT2D eigenvalue weighted by molar-refractivity contribution is 9.10. The van der Waals surface area contributed by atoms with E-state index in [2.05, 4.69) is 41.8 Å². The van der Waals surface area contributed by atoms with Gasteiger partial charge in [0.2, 0.25) is 0 Å². The number of nitrogens with zero attached hydrogens (tertiary/aromatic N) is 1. The lowest BCUT2D eigenvalue weighted by Crippen LogP contribution is -2.06. The molecule has 66 valence electrons. The van der Waals surface area contributed by atoms with Gasteiger partial charge in [-0.2, -0.15) is 0 Å². The van der Waals surface area contributed by atoms with E-state index in [0.29, 0.717) is 14.7 Å². The number of aromatic amines is 1. The number of fused-ring (bicyclic) bond motifs is 1. The Balaban J connectivity index is 2.89. The Morgan fingerprint density at radius 3 is 2.85 bits per heavy atom. The van der Waals surface area contributed by atoms with Crippen molar-refractivity contribution >= 4 is 42.9 Å². The maximum absolute atomic E-state index is 11.2. The number of hydrogen-bond donors (Lipinski definition) is 1. The first-order chi connectivity index (χ1) is 6.16. The summed E-state index contributed by atoms with van der Waals surface area (Å²) in [5.41, 5.74) is 0.417. The molecule has 0 fully saturated rings. The quantitative estimate of drug-likeness (QED) is 0.760. The number of H-pyrrole nitrogens is 1. The lowest BCUT2D eigenvalue weighted by atomic mass is 10.3. The predicted molar refractivity (Wildman–Crippen MR) is 57.8 cm³/mol. The van der Waals surface area contributed by atoms with Crippen molar-refractivity contribution < 1.29 is 0 Å². The van der Waals surface area contributed by atoms with E-state index in [0.717, 1.165) is 5.39 Å². The monoisotopic (exact) mass is 302 g/mol. The molecule has 0 saturated carbocycles. The van der Waals surface area contributed by atoms with Crippen LogP contribution in [-0.4, -0.2) is 9.97 Å². The van der Waals surface area contributed by atoms with E-state index < -0.39 is 0 Å². The van der Waals surface area contributed by atoms with Crippen LogP contribution < -0.4 is 5.56 Å². The van der Waals surface area contributed by atoms with Gasteiger partial charge < -0.3 is 4.98 Å². The Bertz CT molecular complexity index is 521. The molecule has 0 aliphatic rings. The fourth-order valence-corrected chi connectivity index (χ4v) is 1.69. The molecule has 2 heterocycles. The number of hydrogen-bond acceptors (Lipinski definition) is 2. The van der Waals surface area contributed by atoms with E-state index in [1.807, 2.05) is 12.1 Å². The number of aromatic nitrogens is 2. The molecule has 0 unspecified atom stereocenters. The Morgan fingerprint density at radius 1 is 1.31 bits per heavy atom. The molecule has 0 aromatic carbocycles. The van der Waals surface area contributed by atoms with Crippen LogP contribution in [0.1, 0.15) is 0 Å². The van der Waals surface area contributed by atoms with Gasteiger partial charge in [0.15, 0.2) is 0 Å². The molecular formula is C8H4Br2N2O. The van der Waals surface area contributed by atoms with Crippen LogP contribution in [0.4, 0.5) is 0 Å². The predicted octanol–water partition coefficient (Wildman–Crippen LogP) is 2.45. The molecule has 0 bridgehead atoms. The summed E-state index contributed by atoms with van der Waals surface area (Å²) in [4.78, 5) is 18.0. The first-order valence-electron chi connectivity index (χ1n) is 3.52. The van der Waals surface area contributed by atoms with Crippen molar-refractivity contribution in [1.29, 1.82) is 0 Å². The third-order valence-corrected chi connectivity index (χ3v) is 2.65. The Kier molecular flexibility index (Phi) is 2.21. The first kappa shape index (κ1) is 8.90. The maximum atomic E-state index is 11.2. The first-order valence-corrected chi connectivity index (χ1v) is 5.10.